The van der Waals surface area contributed by atoms with Gasteiger partial charge < -0.3 is 20.2 Å². The Labute approximate surface area is 168 Å². The number of halogens is 2. The summed E-state index contributed by atoms with van der Waals surface area (Å²) in [6.07, 6.45) is 1.65. The molecule has 0 radical (unpaired) electrons. The molecule has 4 rings (SSSR count). The number of carbonyl (C=O) groups is 1. The fourth-order valence-electron chi connectivity index (χ4n) is 3.90. The second-order valence-electron chi connectivity index (χ2n) is 6.93. The van der Waals surface area contributed by atoms with Gasteiger partial charge in [0.25, 0.3) is 0 Å². The lowest BCUT2D eigenvalue weighted by atomic mass is 10.1. The van der Waals surface area contributed by atoms with Crippen molar-refractivity contribution < 1.29 is 9.90 Å². The number of phenols is 1. The monoisotopic (exact) mass is 405 g/mol. The van der Waals surface area contributed by atoms with Crippen LogP contribution in [0.4, 0.5) is 10.5 Å². The molecule has 1 atom stereocenters. The number of nitrogens with one attached hydrogen (secondary N) is 1. The highest BCUT2D eigenvalue weighted by Crippen LogP contribution is 2.39. The van der Waals surface area contributed by atoms with Gasteiger partial charge in [0.1, 0.15) is 5.75 Å². The maximum absolute atomic E-state index is 12.7. The third-order valence-electron chi connectivity index (χ3n) is 5.38. The molecule has 2 aliphatic rings. The van der Waals surface area contributed by atoms with Gasteiger partial charge in [-0.25, -0.2) is 4.79 Å². The van der Waals surface area contributed by atoms with E-state index in [-0.39, 0.29) is 17.8 Å². The van der Waals surface area contributed by atoms with Crippen LogP contribution in [-0.4, -0.2) is 42.2 Å². The average Bonchev–Trinajstić information content (AvgIpc) is 3.08. The summed E-state index contributed by atoms with van der Waals surface area (Å²) in [7, 11) is 0. The molecule has 2 N–H and O–H groups in total. The Bertz CT molecular complexity index is 866. The molecule has 2 aromatic rings. The molecule has 1 aliphatic carbocycles. The zero-order chi connectivity index (χ0) is 19.0. The first kappa shape index (κ1) is 18.3. The van der Waals surface area contributed by atoms with Crippen LogP contribution < -0.4 is 10.2 Å². The number of amides is 2. The van der Waals surface area contributed by atoms with Crippen molar-refractivity contribution in [3.8, 4) is 5.75 Å². The molecule has 1 aliphatic heterocycles. The number of para-hydroxylation sites is 2. The van der Waals surface area contributed by atoms with Crippen molar-refractivity contribution in [2.45, 2.75) is 18.9 Å². The summed E-state index contributed by atoms with van der Waals surface area (Å²) in [5.74, 6) is 0.272. The second kappa shape index (κ2) is 7.49. The predicted molar refractivity (Wildman–Crippen MR) is 108 cm³/mol. The van der Waals surface area contributed by atoms with Crippen molar-refractivity contribution in [1.82, 2.24) is 10.2 Å². The molecular weight excluding hydrogens is 385 g/mol. The van der Waals surface area contributed by atoms with Crippen LogP contribution in [0, 0.1) is 0 Å². The Morgan fingerprint density at radius 2 is 1.81 bits per heavy atom. The van der Waals surface area contributed by atoms with Crippen LogP contribution in [0.25, 0.3) is 0 Å². The third kappa shape index (κ3) is 3.54. The number of anilines is 1. The van der Waals surface area contributed by atoms with E-state index < -0.39 is 0 Å². The maximum Gasteiger partial charge on any atom is 0.318 e. The minimum atomic E-state index is -0.0594. The fraction of sp³-hybridized carbons (Fsp3) is 0.350. The molecular formula is C20H21Cl2N3O2. The Hall–Kier alpha value is -2.11. The zero-order valence-electron chi connectivity index (χ0n) is 14.8. The van der Waals surface area contributed by atoms with E-state index in [1.807, 2.05) is 23.1 Å². The molecule has 0 spiro atoms. The van der Waals surface area contributed by atoms with Gasteiger partial charge in [-0.1, -0.05) is 41.4 Å². The molecule has 0 bridgehead atoms. The highest BCUT2D eigenvalue weighted by Gasteiger charge is 2.29. The van der Waals surface area contributed by atoms with E-state index >= 15 is 0 Å². The van der Waals surface area contributed by atoms with Crippen LogP contribution in [0.5, 0.6) is 5.75 Å². The van der Waals surface area contributed by atoms with Crippen LogP contribution in [0.15, 0.2) is 36.4 Å². The lowest BCUT2D eigenvalue weighted by molar-refractivity contribution is 0.190. The topological polar surface area (TPSA) is 55.8 Å². The first-order valence-corrected chi connectivity index (χ1v) is 9.85. The fourth-order valence-corrected chi connectivity index (χ4v) is 4.35. The summed E-state index contributed by atoms with van der Waals surface area (Å²) in [6, 6.07) is 11.0. The minimum Gasteiger partial charge on any atom is -0.506 e. The Balaban J connectivity index is 1.38. The highest BCUT2D eigenvalue weighted by molar-refractivity contribution is 6.42. The number of benzene rings is 2. The highest BCUT2D eigenvalue weighted by atomic mass is 35.5. The van der Waals surface area contributed by atoms with Crippen molar-refractivity contribution in [1.29, 1.82) is 0 Å². The van der Waals surface area contributed by atoms with Crippen molar-refractivity contribution in [3.05, 3.63) is 57.6 Å². The summed E-state index contributed by atoms with van der Waals surface area (Å²) >= 11 is 12.4. The lowest BCUT2D eigenvalue weighted by Crippen LogP contribution is -2.52. The summed E-state index contributed by atoms with van der Waals surface area (Å²) in [5, 5.41) is 14.3. The Kier molecular flexibility index (Phi) is 5.06. The number of fused-ring (bicyclic) bond motifs is 1. The first-order chi connectivity index (χ1) is 13.0. The van der Waals surface area contributed by atoms with Crippen LogP contribution in [0.1, 0.15) is 23.6 Å². The molecule has 1 heterocycles. The van der Waals surface area contributed by atoms with Crippen LogP contribution in [0.3, 0.4) is 0 Å². The molecule has 2 aromatic carbocycles. The number of carbonyl (C=O) groups excluding carboxylic acids is 1. The van der Waals surface area contributed by atoms with Gasteiger partial charge in [0, 0.05) is 26.2 Å². The van der Waals surface area contributed by atoms with Crippen molar-refractivity contribution in [2.24, 2.45) is 0 Å². The van der Waals surface area contributed by atoms with Crippen molar-refractivity contribution in [3.63, 3.8) is 0 Å². The molecule has 1 fully saturated rings. The molecule has 1 unspecified atom stereocenters. The van der Waals surface area contributed by atoms with E-state index in [9.17, 15) is 9.90 Å². The third-order valence-corrected chi connectivity index (χ3v) is 6.22. The van der Waals surface area contributed by atoms with Crippen LogP contribution >= 0.6 is 23.2 Å². The SMILES string of the molecule is O=C(NC1CCc2c1ccc(Cl)c2Cl)N1CCN(c2ccccc2O)CC1. The summed E-state index contributed by atoms with van der Waals surface area (Å²) in [6.45, 7) is 2.60. The van der Waals surface area contributed by atoms with E-state index in [4.69, 9.17) is 23.2 Å². The summed E-state index contributed by atoms with van der Waals surface area (Å²) < 4.78 is 0. The number of hydrogen-bond acceptors (Lipinski definition) is 3. The van der Waals surface area contributed by atoms with E-state index in [2.05, 4.69) is 10.2 Å². The van der Waals surface area contributed by atoms with Crippen molar-refractivity contribution in [2.75, 3.05) is 31.1 Å². The Morgan fingerprint density at radius 1 is 1.07 bits per heavy atom. The molecule has 7 heteroatoms. The van der Waals surface area contributed by atoms with E-state index in [0.717, 1.165) is 29.7 Å². The van der Waals surface area contributed by atoms with Gasteiger partial charge in [0.05, 0.1) is 21.8 Å². The van der Waals surface area contributed by atoms with Crippen molar-refractivity contribution >= 4 is 34.9 Å². The van der Waals surface area contributed by atoms with Gasteiger partial charge in [-0.2, -0.15) is 0 Å². The normalized spacial score (nSPS) is 19.1. The Morgan fingerprint density at radius 3 is 2.56 bits per heavy atom. The van der Waals surface area contributed by atoms with Gasteiger partial charge in [-0.3, -0.25) is 0 Å². The van der Waals surface area contributed by atoms with E-state index in [1.54, 1.807) is 18.2 Å². The second-order valence-corrected chi connectivity index (χ2v) is 7.72. The number of urea groups is 1. The largest absolute Gasteiger partial charge is 0.506 e. The van der Waals surface area contributed by atoms with Crippen LogP contribution in [-0.2, 0) is 6.42 Å². The van der Waals surface area contributed by atoms with Gasteiger partial charge in [-0.05, 0) is 42.2 Å². The quantitative estimate of drug-likeness (QED) is 0.786. The molecule has 0 aromatic heterocycles. The maximum atomic E-state index is 12.7. The van der Waals surface area contributed by atoms with Gasteiger partial charge in [0.2, 0.25) is 0 Å². The molecule has 142 valence electrons. The number of rotatable bonds is 2. The number of phenolic OH excluding ortho intramolecular Hbond substituents is 1. The van der Waals surface area contributed by atoms with Crippen LogP contribution in [0.2, 0.25) is 10.0 Å². The predicted octanol–water partition coefficient (Wildman–Crippen LogP) is 4.22. The molecule has 2 amide bonds. The zero-order valence-corrected chi connectivity index (χ0v) is 16.3. The summed E-state index contributed by atoms with van der Waals surface area (Å²) in [4.78, 5) is 16.6. The molecule has 0 saturated carbocycles. The van der Waals surface area contributed by atoms with Gasteiger partial charge >= 0.3 is 6.03 Å². The number of hydrogen-bond donors (Lipinski definition) is 2. The number of nitrogens with zero attached hydrogens (tertiary/aromatic N) is 2. The average molecular weight is 406 g/mol. The summed E-state index contributed by atoms with van der Waals surface area (Å²) in [5.41, 5.74) is 2.92. The number of aromatic hydroxyl groups is 1. The van der Waals surface area contributed by atoms with Gasteiger partial charge in [-0.15, -0.1) is 0 Å². The lowest BCUT2D eigenvalue weighted by Gasteiger charge is -2.36. The van der Waals surface area contributed by atoms with Gasteiger partial charge in [0.15, 0.2) is 0 Å². The van der Waals surface area contributed by atoms with E-state index in [1.165, 1.54) is 0 Å². The molecule has 1 saturated heterocycles. The smallest absolute Gasteiger partial charge is 0.318 e. The molecule has 5 nitrogen and oxygen atoms in total. The first-order valence-electron chi connectivity index (χ1n) is 9.10. The molecule has 27 heavy (non-hydrogen) atoms. The number of piperazine rings is 1. The van der Waals surface area contributed by atoms with E-state index in [0.29, 0.717) is 36.2 Å². The minimum absolute atomic E-state index is 0.0292. The standard InChI is InChI=1S/C20H21Cl2N3O2/c21-15-7-5-13-14(19(15)22)6-8-16(13)23-20(27)25-11-9-24(10-12-25)17-3-1-2-4-18(17)26/h1-5,7,16,26H,6,8-12H2,(H,23,27).